The molecule has 0 saturated heterocycles. The van der Waals surface area contributed by atoms with Crippen LogP contribution in [-0.2, 0) is 7.05 Å². The molecule has 1 aliphatic carbocycles. The van der Waals surface area contributed by atoms with Crippen molar-refractivity contribution in [2.45, 2.75) is 38.6 Å². The Morgan fingerprint density at radius 2 is 1.90 bits per heavy atom. The number of amides is 1. The smallest absolute Gasteiger partial charge is 0.251 e. The summed E-state index contributed by atoms with van der Waals surface area (Å²) in [5.41, 5.74) is 4.06. The summed E-state index contributed by atoms with van der Waals surface area (Å²) in [5.74, 6) is 0.0383. The molecule has 0 aliphatic heterocycles. The lowest BCUT2D eigenvalue weighted by Crippen LogP contribution is -2.32. The lowest BCUT2D eigenvalue weighted by atomic mass is 10.0. The summed E-state index contributed by atoms with van der Waals surface area (Å²) in [6.07, 6.45) is 6.54. The van der Waals surface area contributed by atoms with E-state index in [4.69, 9.17) is 0 Å². The van der Waals surface area contributed by atoms with Crippen LogP contribution in [0, 0.1) is 6.92 Å². The molecule has 4 heteroatoms. The summed E-state index contributed by atoms with van der Waals surface area (Å²) in [4.78, 5) is 12.2. The number of nitrogens with one attached hydrogen (secondary N) is 1. The fourth-order valence-electron chi connectivity index (χ4n) is 2.92. The lowest BCUT2D eigenvalue weighted by Gasteiger charge is -2.12. The van der Waals surface area contributed by atoms with Crippen molar-refractivity contribution in [1.29, 1.82) is 0 Å². The molecule has 1 aliphatic rings. The second-order valence-electron chi connectivity index (χ2n) is 5.80. The molecule has 0 unspecified atom stereocenters. The van der Waals surface area contributed by atoms with Crippen molar-refractivity contribution in [3.63, 3.8) is 0 Å². The van der Waals surface area contributed by atoms with Crippen molar-refractivity contribution in [3.05, 3.63) is 41.7 Å². The molecule has 3 rings (SSSR count). The molecule has 2 aromatic rings. The summed E-state index contributed by atoms with van der Waals surface area (Å²) in [5, 5.41) is 7.37. The standard InChI is InChI=1S/C17H21N3O/c1-12-16(11-18-20(12)2)13-7-9-14(10-8-13)17(21)19-15-5-3-4-6-15/h7-11,15H,3-6H2,1-2H3,(H,19,21). The van der Waals surface area contributed by atoms with E-state index in [9.17, 15) is 4.79 Å². The first kappa shape index (κ1) is 13.9. The Hall–Kier alpha value is -2.10. The molecule has 1 heterocycles. The molecule has 1 aromatic heterocycles. The number of rotatable bonds is 3. The molecule has 1 aromatic carbocycles. The SMILES string of the molecule is Cc1c(-c2ccc(C(=O)NC3CCCC3)cc2)cnn1C. The Labute approximate surface area is 125 Å². The van der Waals surface area contributed by atoms with Crippen LogP contribution in [-0.4, -0.2) is 21.7 Å². The molecule has 0 radical (unpaired) electrons. The molecule has 1 amide bonds. The van der Waals surface area contributed by atoms with Crippen LogP contribution in [0.4, 0.5) is 0 Å². The van der Waals surface area contributed by atoms with E-state index in [1.807, 2.05) is 49.1 Å². The van der Waals surface area contributed by atoms with Crippen LogP contribution < -0.4 is 5.32 Å². The van der Waals surface area contributed by atoms with Gasteiger partial charge in [0.25, 0.3) is 5.91 Å². The second-order valence-corrected chi connectivity index (χ2v) is 5.80. The number of carbonyl (C=O) groups is 1. The monoisotopic (exact) mass is 283 g/mol. The molecule has 110 valence electrons. The number of aromatic nitrogens is 2. The van der Waals surface area contributed by atoms with Gasteiger partial charge in [0.15, 0.2) is 0 Å². The Bertz CT molecular complexity index is 637. The Kier molecular flexibility index (Phi) is 3.78. The van der Waals surface area contributed by atoms with Crippen LogP contribution in [0.25, 0.3) is 11.1 Å². The summed E-state index contributed by atoms with van der Waals surface area (Å²) in [6.45, 7) is 2.04. The number of hydrogen-bond donors (Lipinski definition) is 1. The van der Waals surface area contributed by atoms with Gasteiger partial charge in [-0.15, -0.1) is 0 Å². The van der Waals surface area contributed by atoms with E-state index in [1.165, 1.54) is 12.8 Å². The van der Waals surface area contributed by atoms with Crippen LogP contribution >= 0.6 is 0 Å². The summed E-state index contributed by atoms with van der Waals surface area (Å²) < 4.78 is 1.86. The minimum absolute atomic E-state index is 0.0383. The van der Waals surface area contributed by atoms with E-state index in [0.717, 1.165) is 35.2 Å². The largest absolute Gasteiger partial charge is 0.349 e. The zero-order valence-corrected chi connectivity index (χ0v) is 12.6. The third-order valence-electron chi connectivity index (χ3n) is 4.38. The van der Waals surface area contributed by atoms with Crippen molar-refractivity contribution in [1.82, 2.24) is 15.1 Å². The maximum Gasteiger partial charge on any atom is 0.251 e. The van der Waals surface area contributed by atoms with Gasteiger partial charge in [-0.3, -0.25) is 9.48 Å². The predicted octanol–water partition coefficient (Wildman–Crippen LogP) is 3.07. The van der Waals surface area contributed by atoms with Gasteiger partial charge in [-0.1, -0.05) is 25.0 Å². The number of benzene rings is 1. The van der Waals surface area contributed by atoms with E-state index in [2.05, 4.69) is 10.4 Å². The highest BCUT2D eigenvalue weighted by atomic mass is 16.1. The predicted molar refractivity (Wildman–Crippen MR) is 83.1 cm³/mol. The molecule has 1 saturated carbocycles. The maximum absolute atomic E-state index is 12.2. The highest BCUT2D eigenvalue weighted by Crippen LogP contribution is 2.23. The molecule has 1 N–H and O–H groups in total. The lowest BCUT2D eigenvalue weighted by molar-refractivity contribution is 0.0938. The van der Waals surface area contributed by atoms with E-state index in [-0.39, 0.29) is 5.91 Å². The highest BCUT2D eigenvalue weighted by molar-refractivity contribution is 5.94. The third kappa shape index (κ3) is 2.84. The molecule has 0 bridgehead atoms. The summed E-state index contributed by atoms with van der Waals surface area (Å²) in [6, 6.07) is 8.14. The average molecular weight is 283 g/mol. The van der Waals surface area contributed by atoms with E-state index in [0.29, 0.717) is 6.04 Å². The topological polar surface area (TPSA) is 46.9 Å². The summed E-state index contributed by atoms with van der Waals surface area (Å²) >= 11 is 0. The zero-order chi connectivity index (χ0) is 14.8. The van der Waals surface area contributed by atoms with Crippen molar-refractivity contribution in [2.75, 3.05) is 0 Å². The highest BCUT2D eigenvalue weighted by Gasteiger charge is 2.18. The summed E-state index contributed by atoms with van der Waals surface area (Å²) in [7, 11) is 1.93. The van der Waals surface area contributed by atoms with Crippen molar-refractivity contribution in [3.8, 4) is 11.1 Å². The van der Waals surface area contributed by atoms with E-state index in [1.54, 1.807) is 0 Å². The van der Waals surface area contributed by atoms with Crippen molar-refractivity contribution in [2.24, 2.45) is 7.05 Å². The Morgan fingerprint density at radius 3 is 2.48 bits per heavy atom. The van der Waals surface area contributed by atoms with Crippen LogP contribution in [0.1, 0.15) is 41.7 Å². The third-order valence-corrected chi connectivity index (χ3v) is 4.38. The van der Waals surface area contributed by atoms with Gasteiger partial charge in [-0.2, -0.15) is 5.10 Å². The molecular weight excluding hydrogens is 262 g/mol. The molecule has 0 atom stereocenters. The molecular formula is C17H21N3O. The van der Waals surface area contributed by atoms with Crippen LogP contribution in [0.15, 0.2) is 30.5 Å². The van der Waals surface area contributed by atoms with Crippen LogP contribution in [0.2, 0.25) is 0 Å². The van der Waals surface area contributed by atoms with Crippen molar-refractivity contribution < 1.29 is 4.79 Å². The number of nitrogens with zero attached hydrogens (tertiary/aromatic N) is 2. The van der Waals surface area contributed by atoms with Gasteiger partial charge >= 0.3 is 0 Å². The van der Waals surface area contributed by atoms with Gasteiger partial charge in [0.05, 0.1) is 6.20 Å². The van der Waals surface area contributed by atoms with E-state index < -0.39 is 0 Å². The van der Waals surface area contributed by atoms with Gasteiger partial charge in [0.2, 0.25) is 0 Å². The van der Waals surface area contributed by atoms with Crippen molar-refractivity contribution >= 4 is 5.91 Å². The minimum atomic E-state index is 0.0383. The molecule has 21 heavy (non-hydrogen) atoms. The first-order chi connectivity index (χ1) is 10.1. The maximum atomic E-state index is 12.2. The van der Waals surface area contributed by atoms with Crippen LogP contribution in [0.5, 0.6) is 0 Å². The molecule has 1 fully saturated rings. The van der Waals surface area contributed by atoms with Gasteiger partial charge in [-0.05, 0) is 37.5 Å². The first-order valence-electron chi connectivity index (χ1n) is 7.55. The number of aryl methyl sites for hydroxylation is 1. The van der Waals surface area contributed by atoms with Gasteiger partial charge in [0, 0.05) is 29.9 Å². The van der Waals surface area contributed by atoms with Crippen LogP contribution in [0.3, 0.4) is 0 Å². The quantitative estimate of drug-likeness (QED) is 0.941. The van der Waals surface area contributed by atoms with Gasteiger partial charge < -0.3 is 5.32 Å². The second kappa shape index (κ2) is 5.72. The fourth-order valence-corrected chi connectivity index (χ4v) is 2.92. The Balaban J connectivity index is 1.74. The Morgan fingerprint density at radius 1 is 1.24 bits per heavy atom. The number of carbonyl (C=O) groups excluding carboxylic acids is 1. The van der Waals surface area contributed by atoms with E-state index >= 15 is 0 Å². The molecule has 0 spiro atoms. The van der Waals surface area contributed by atoms with Gasteiger partial charge in [-0.25, -0.2) is 0 Å². The van der Waals surface area contributed by atoms with Gasteiger partial charge in [0.1, 0.15) is 0 Å². The molecule has 4 nitrogen and oxygen atoms in total. The minimum Gasteiger partial charge on any atom is -0.349 e. The zero-order valence-electron chi connectivity index (χ0n) is 12.6. The fraction of sp³-hybridized carbons (Fsp3) is 0.412. The normalized spacial score (nSPS) is 15.3. The number of hydrogen-bond acceptors (Lipinski definition) is 2. The first-order valence-corrected chi connectivity index (χ1v) is 7.55. The average Bonchev–Trinajstić information content (AvgIpc) is 3.11.